The molecule has 0 spiro atoms. The van der Waals surface area contributed by atoms with Crippen molar-refractivity contribution >= 4 is 5.91 Å². The van der Waals surface area contributed by atoms with Crippen molar-refractivity contribution < 1.29 is 4.79 Å². The molecule has 0 aliphatic rings. The van der Waals surface area contributed by atoms with Crippen LogP contribution in [-0.2, 0) is 11.2 Å². The second-order valence-corrected chi connectivity index (χ2v) is 7.24. The number of hydrogen-bond donors (Lipinski definition) is 2. The van der Waals surface area contributed by atoms with Crippen LogP contribution in [0.2, 0.25) is 0 Å². The number of amides is 1. The molecule has 2 aromatic rings. The minimum Gasteiger partial charge on any atom is -0.331 e. The average Bonchev–Trinajstić information content (AvgIpc) is 3.30. The van der Waals surface area contributed by atoms with Crippen molar-refractivity contribution in [3.8, 4) is 0 Å². The van der Waals surface area contributed by atoms with E-state index in [0.29, 0.717) is 6.04 Å². The Kier molecular flexibility index (Phi) is 10.3. The maximum atomic E-state index is 12.1. The van der Waals surface area contributed by atoms with Gasteiger partial charge in [0.05, 0.1) is 0 Å². The summed E-state index contributed by atoms with van der Waals surface area (Å²) in [5.74, 6) is -0.143. The number of aromatic nitrogens is 3. The molecule has 0 saturated heterocycles. The van der Waals surface area contributed by atoms with Crippen molar-refractivity contribution in [3.63, 3.8) is 0 Å². The second-order valence-electron chi connectivity index (χ2n) is 7.24. The van der Waals surface area contributed by atoms with Crippen LogP contribution < -0.4 is 10.6 Å². The van der Waals surface area contributed by atoms with Gasteiger partial charge in [-0.05, 0) is 49.9 Å². The summed E-state index contributed by atoms with van der Waals surface area (Å²) in [5, 5.41) is 10.4. The predicted octanol–water partition coefficient (Wildman–Crippen LogP) is 3.97. The van der Waals surface area contributed by atoms with E-state index in [1.54, 1.807) is 13.1 Å². The molecule has 2 N–H and O–H groups in total. The van der Waals surface area contributed by atoms with Gasteiger partial charge in [-0.2, -0.15) is 5.10 Å². The number of nitrogens with one attached hydrogen (secondary N) is 2. The first kappa shape index (κ1) is 23.3. The number of carbonyl (C=O) groups excluding carboxylic acids is 1. The smallest absolute Gasteiger partial charge is 0.248 e. The van der Waals surface area contributed by atoms with Gasteiger partial charge < -0.3 is 10.6 Å². The van der Waals surface area contributed by atoms with Gasteiger partial charge in [-0.25, -0.2) is 9.67 Å². The van der Waals surface area contributed by atoms with E-state index in [-0.39, 0.29) is 5.91 Å². The Labute approximate surface area is 179 Å². The zero-order valence-corrected chi connectivity index (χ0v) is 18.0. The van der Waals surface area contributed by atoms with E-state index in [4.69, 9.17) is 0 Å². The number of hydrogen-bond acceptors (Lipinski definition) is 4. The maximum Gasteiger partial charge on any atom is 0.248 e. The van der Waals surface area contributed by atoms with Gasteiger partial charge in [-0.15, -0.1) is 0 Å². The van der Waals surface area contributed by atoms with Crippen molar-refractivity contribution in [1.29, 1.82) is 0 Å². The second kappa shape index (κ2) is 13.3. The van der Waals surface area contributed by atoms with E-state index in [2.05, 4.69) is 64.6 Å². The van der Waals surface area contributed by atoms with Crippen LogP contribution in [-0.4, -0.2) is 33.3 Å². The lowest BCUT2D eigenvalue weighted by atomic mass is 10.0. The fourth-order valence-electron chi connectivity index (χ4n) is 3.16. The van der Waals surface area contributed by atoms with Crippen molar-refractivity contribution in [2.24, 2.45) is 0 Å². The van der Waals surface area contributed by atoms with Crippen molar-refractivity contribution in [2.45, 2.75) is 51.6 Å². The Morgan fingerprint density at radius 1 is 1.30 bits per heavy atom. The molecule has 1 unspecified atom stereocenters. The zero-order valence-electron chi connectivity index (χ0n) is 18.0. The summed E-state index contributed by atoms with van der Waals surface area (Å²) in [5.41, 5.74) is 2.48. The predicted molar refractivity (Wildman–Crippen MR) is 122 cm³/mol. The Morgan fingerprint density at radius 3 is 2.77 bits per heavy atom. The monoisotopic (exact) mass is 407 g/mol. The van der Waals surface area contributed by atoms with Crippen molar-refractivity contribution in [3.05, 3.63) is 85.1 Å². The molecule has 1 aromatic heterocycles. The molecule has 0 aliphatic carbocycles. The highest BCUT2D eigenvalue weighted by atomic mass is 16.2. The summed E-state index contributed by atoms with van der Waals surface area (Å²) < 4.78 is 1.52. The highest BCUT2D eigenvalue weighted by Crippen LogP contribution is 2.09. The Morgan fingerprint density at radius 2 is 2.10 bits per heavy atom. The van der Waals surface area contributed by atoms with Crippen LogP contribution in [0.15, 0.2) is 79.6 Å². The van der Waals surface area contributed by atoms with Crippen LogP contribution in [0.1, 0.15) is 44.7 Å². The van der Waals surface area contributed by atoms with Gasteiger partial charge in [-0.3, -0.25) is 4.79 Å². The van der Waals surface area contributed by atoms with Gasteiger partial charge in [-0.1, -0.05) is 62.4 Å². The number of benzene rings is 1. The molecule has 1 amide bonds. The summed E-state index contributed by atoms with van der Waals surface area (Å²) in [7, 11) is 0. The molecule has 6 nitrogen and oxygen atoms in total. The lowest BCUT2D eigenvalue weighted by Gasteiger charge is -2.18. The third-order valence-electron chi connectivity index (χ3n) is 4.92. The first-order valence-electron chi connectivity index (χ1n) is 10.5. The van der Waals surface area contributed by atoms with Crippen LogP contribution in [0, 0.1) is 0 Å². The molecular weight excluding hydrogens is 374 g/mol. The molecule has 0 saturated carbocycles. The average molecular weight is 408 g/mol. The molecule has 0 bridgehead atoms. The molecule has 2 rings (SSSR count). The third kappa shape index (κ3) is 8.17. The quantitative estimate of drug-likeness (QED) is 0.493. The van der Waals surface area contributed by atoms with Crippen LogP contribution in [0.25, 0.3) is 0 Å². The number of carbonyl (C=O) groups is 1. The van der Waals surface area contributed by atoms with E-state index in [0.717, 1.165) is 37.8 Å². The Hall–Kier alpha value is -2.99. The third-order valence-corrected chi connectivity index (χ3v) is 4.92. The highest BCUT2D eigenvalue weighted by molar-refractivity contribution is 5.80. The Balaban J connectivity index is 1.77. The lowest BCUT2D eigenvalue weighted by Crippen LogP contribution is -2.32. The van der Waals surface area contributed by atoms with E-state index in [1.807, 2.05) is 18.2 Å². The molecule has 2 atom stereocenters. The first-order chi connectivity index (χ1) is 14.6. The van der Waals surface area contributed by atoms with Gasteiger partial charge >= 0.3 is 0 Å². The number of rotatable bonds is 13. The summed E-state index contributed by atoms with van der Waals surface area (Å²) in [6.45, 7) is 8.78. The standard InChI is InChI=1S/C24H33N5O/c1-4-10-23(17-22-11-7-6-8-12-22)26-16-14-21(5-2)13-9-15-27-24(30)20(3)29-19-25-18-28-29/h5-9,11-13,15,18-20,23,26H,2,4,10,14,16-17H2,1,3H3,(H,27,30)/b15-9+,21-13+/t20?,23-/m1/s1. The fraction of sp³-hybridized carbons (Fsp3) is 0.375. The van der Waals surface area contributed by atoms with Gasteiger partial charge in [0.15, 0.2) is 0 Å². The number of allylic oxidation sites excluding steroid dienone is 3. The molecule has 1 heterocycles. The van der Waals surface area contributed by atoms with Crippen LogP contribution in [0.4, 0.5) is 0 Å². The largest absolute Gasteiger partial charge is 0.331 e. The first-order valence-corrected chi connectivity index (χ1v) is 10.5. The SMILES string of the molecule is C=C/C(=C\C=C\NC(=O)C(C)n1cncn1)CCN[C@H](CCC)Cc1ccccc1. The van der Waals surface area contributed by atoms with E-state index in [1.165, 1.54) is 22.9 Å². The molecule has 160 valence electrons. The molecule has 0 aliphatic heterocycles. The summed E-state index contributed by atoms with van der Waals surface area (Å²) in [6, 6.07) is 10.7. The molecule has 30 heavy (non-hydrogen) atoms. The van der Waals surface area contributed by atoms with Gasteiger partial charge in [0.1, 0.15) is 18.7 Å². The summed E-state index contributed by atoms with van der Waals surface area (Å²) in [6.07, 6.45) is 14.5. The minimum absolute atomic E-state index is 0.143. The van der Waals surface area contributed by atoms with Crippen molar-refractivity contribution in [1.82, 2.24) is 25.4 Å². The van der Waals surface area contributed by atoms with Crippen LogP contribution >= 0.6 is 0 Å². The normalized spacial score (nSPS) is 13.9. The van der Waals surface area contributed by atoms with Gasteiger partial charge in [0.25, 0.3) is 0 Å². The van der Waals surface area contributed by atoms with E-state index < -0.39 is 6.04 Å². The minimum atomic E-state index is -0.413. The van der Waals surface area contributed by atoms with Gasteiger partial charge in [0.2, 0.25) is 5.91 Å². The summed E-state index contributed by atoms with van der Waals surface area (Å²) >= 11 is 0. The fourth-order valence-corrected chi connectivity index (χ4v) is 3.16. The van der Waals surface area contributed by atoms with Crippen LogP contribution in [0.3, 0.4) is 0 Å². The molecule has 1 aromatic carbocycles. The van der Waals surface area contributed by atoms with E-state index in [9.17, 15) is 4.79 Å². The maximum absolute atomic E-state index is 12.1. The van der Waals surface area contributed by atoms with E-state index >= 15 is 0 Å². The van der Waals surface area contributed by atoms with Crippen molar-refractivity contribution in [2.75, 3.05) is 6.54 Å². The number of nitrogens with zero attached hydrogens (tertiary/aromatic N) is 3. The zero-order chi connectivity index (χ0) is 21.6. The summed E-state index contributed by atoms with van der Waals surface area (Å²) in [4.78, 5) is 16.0. The topological polar surface area (TPSA) is 71.8 Å². The molecule has 0 fully saturated rings. The highest BCUT2D eigenvalue weighted by Gasteiger charge is 2.13. The Bertz CT molecular complexity index is 811. The van der Waals surface area contributed by atoms with Gasteiger partial charge in [0, 0.05) is 12.2 Å². The molecular formula is C24H33N5O. The molecule has 6 heteroatoms. The molecule has 0 radical (unpaired) electrons. The lowest BCUT2D eigenvalue weighted by molar-refractivity contribution is -0.123. The van der Waals surface area contributed by atoms with Crippen LogP contribution in [0.5, 0.6) is 0 Å².